The molecule has 1 rings (SSSR count). The summed E-state index contributed by atoms with van der Waals surface area (Å²) in [6.45, 7) is 1.63. The fraction of sp³-hybridized carbons (Fsp3) is 0.300. The first-order chi connectivity index (χ1) is 7.88. The third-order valence-electron chi connectivity index (χ3n) is 2.17. The van der Waals surface area contributed by atoms with Gasteiger partial charge in [-0.05, 0) is 24.6 Å². The van der Waals surface area contributed by atoms with Crippen molar-refractivity contribution in [2.75, 3.05) is 7.11 Å². The lowest BCUT2D eigenvalue weighted by molar-refractivity contribution is 0.317. The molecule has 0 aliphatic heterocycles. The van der Waals surface area contributed by atoms with Gasteiger partial charge in [-0.2, -0.15) is 0 Å². The van der Waals surface area contributed by atoms with Crippen molar-refractivity contribution in [2.24, 2.45) is 10.3 Å². The van der Waals surface area contributed by atoms with Crippen LogP contribution in [0.4, 0.5) is 0 Å². The number of nitrogens with zero attached hydrogens (tertiary/aromatic N) is 1. The van der Waals surface area contributed by atoms with Crippen LogP contribution in [-0.4, -0.2) is 26.4 Å². The van der Waals surface area contributed by atoms with Crippen LogP contribution in [0, 0.1) is 0 Å². The molecule has 6 nitrogen and oxygen atoms in total. The first-order valence-corrected chi connectivity index (χ1v) is 6.30. The van der Waals surface area contributed by atoms with Gasteiger partial charge in [0.15, 0.2) is 0 Å². The molecule has 0 saturated carbocycles. The normalized spacial score (nSPS) is 12.5. The Morgan fingerprint density at radius 2 is 2.18 bits per heavy atom. The monoisotopic (exact) mass is 258 g/mol. The second-order valence-electron chi connectivity index (χ2n) is 3.54. The van der Waals surface area contributed by atoms with Gasteiger partial charge in [-0.1, -0.05) is 11.2 Å². The molecule has 3 N–H and O–H groups in total. The second kappa shape index (κ2) is 5.15. The molecule has 17 heavy (non-hydrogen) atoms. The highest BCUT2D eigenvalue weighted by Gasteiger charge is 2.15. The van der Waals surface area contributed by atoms with Gasteiger partial charge in [-0.25, -0.2) is 13.6 Å². The minimum absolute atomic E-state index is 0.0803. The van der Waals surface area contributed by atoms with Crippen molar-refractivity contribution in [3.8, 4) is 5.75 Å². The molecule has 0 saturated heterocycles. The van der Waals surface area contributed by atoms with Gasteiger partial charge in [0.05, 0.1) is 12.8 Å². The molecule has 7 heteroatoms. The van der Waals surface area contributed by atoms with E-state index in [1.165, 1.54) is 19.2 Å². The number of rotatable bonds is 4. The standard InChI is InChI=1S/C10H14N2O4S/c1-7(12-13)5-8-3-4-9(16-2)10(6-8)17(11,14)15/h3-4,6,13H,5H2,1-2H3,(H2,11,14,15)/b12-7+. The van der Waals surface area contributed by atoms with E-state index in [1.807, 2.05) is 0 Å². The van der Waals surface area contributed by atoms with Crippen molar-refractivity contribution >= 4 is 15.7 Å². The predicted molar refractivity (Wildman–Crippen MR) is 63.0 cm³/mol. The van der Waals surface area contributed by atoms with Crippen LogP contribution in [0.25, 0.3) is 0 Å². The summed E-state index contributed by atoms with van der Waals surface area (Å²) >= 11 is 0. The molecule has 1 aromatic carbocycles. The molecule has 0 aliphatic carbocycles. The van der Waals surface area contributed by atoms with Gasteiger partial charge in [0, 0.05) is 6.42 Å². The summed E-state index contributed by atoms with van der Waals surface area (Å²) in [6, 6.07) is 4.60. The zero-order chi connectivity index (χ0) is 13.1. The lowest BCUT2D eigenvalue weighted by Crippen LogP contribution is -2.14. The maximum atomic E-state index is 11.3. The molecule has 0 unspecified atom stereocenters. The Morgan fingerprint density at radius 1 is 1.53 bits per heavy atom. The average Bonchev–Trinajstić information content (AvgIpc) is 2.27. The first-order valence-electron chi connectivity index (χ1n) is 4.75. The van der Waals surface area contributed by atoms with E-state index in [0.717, 1.165) is 0 Å². The fourth-order valence-electron chi connectivity index (χ4n) is 1.38. The Kier molecular flexibility index (Phi) is 4.08. The summed E-state index contributed by atoms with van der Waals surface area (Å²) in [7, 11) is -2.47. The van der Waals surface area contributed by atoms with E-state index in [-0.39, 0.29) is 10.6 Å². The van der Waals surface area contributed by atoms with Gasteiger partial charge >= 0.3 is 0 Å². The van der Waals surface area contributed by atoms with Crippen LogP contribution in [0.15, 0.2) is 28.3 Å². The van der Waals surface area contributed by atoms with Crippen LogP contribution in [-0.2, 0) is 16.4 Å². The molecule has 0 aromatic heterocycles. The van der Waals surface area contributed by atoms with Crippen LogP contribution >= 0.6 is 0 Å². The summed E-state index contributed by atoms with van der Waals surface area (Å²) in [5.74, 6) is 0.190. The third-order valence-corrected chi connectivity index (χ3v) is 3.10. The number of benzene rings is 1. The molecule has 0 radical (unpaired) electrons. The van der Waals surface area contributed by atoms with E-state index in [1.54, 1.807) is 13.0 Å². The molecule has 0 heterocycles. The Hall–Kier alpha value is -1.60. The fourth-order valence-corrected chi connectivity index (χ4v) is 2.13. The summed E-state index contributed by atoms with van der Waals surface area (Å²) < 4.78 is 27.6. The van der Waals surface area contributed by atoms with E-state index in [0.29, 0.717) is 17.7 Å². The van der Waals surface area contributed by atoms with Gasteiger partial charge in [0.1, 0.15) is 10.6 Å². The van der Waals surface area contributed by atoms with Crippen LogP contribution < -0.4 is 9.88 Å². The molecule has 0 fully saturated rings. The largest absolute Gasteiger partial charge is 0.495 e. The Morgan fingerprint density at radius 3 is 2.65 bits per heavy atom. The highest BCUT2D eigenvalue weighted by molar-refractivity contribution is 7.89. The minimum Gasteiger partial charge on any atom is -0.495 e. The number of methoxy groups -OCH3 is 1. The van der Waals surface area contributed by atoms with E-state index >= 15 is 0 Å². The zero-order valence-corrected chi connectivity index (χ0v) is 10.4. The molecule has 0 aliphatic rings. The highest BCUT2D eigenvalue weighted by atomic mass is 32.2. The maximum absolute atomic E-state index is 11.3. The summed E-state index contributed by atoms with van der Waals surface area (Å²) in [5.41, 5.74) is 1.14. The smallest absolute Gasteiger partial charge is 0.241 e. The van der Waals surface area contributed by atoms with Crippen molar-refractivity contribution in [1.82, 2.24) is 0 Å². The third kappa shape index (κ3) is 3.43. The van der Waals surface area contributed by atoms with Crippen LogP contribution in [0.2, 0.25) is 0 Å². The maximum Gasteiger partial charge on any atom is 0.241 e. The quantitative estimate of drug-likeness (QED) is 0.472. The highest BCUT2D eigenvalue weighted by Crippen LogP contribution is 2.23. The first kappa shape index (κ1) is 13.5. The van der Waals surface area contributed by atoms with Gasteiger partial charge in [-0.15, -0.1) is 0 Å². The van der Waals surface area contributed by atoms with E-state index in [2.05, 4.69) is 5.16 Å². The van der Waals surface area contributed by atoms with E-state index in [4.69, 9.17) is 15.1 Å². The Bertz CT molecular complexity index is 537. The molecule has 0 spiro atoms. The van der Waals surface area contributed by atoms with Crippen molar-refractivity contribution in [2.45, 2.75) is 18.2 Å². The van der Waals surface area contributed by atoms with Crippen molar-refractivity contribution < 1.29 is 18.4 Å². The second-order valence-corrected chi connectivity index (χ2v) is 5.07. The summed E-state index contributed by atoms with van der Waals surface area (Å²) in [5, 5.41) is 16.6. The predicted octanol–water partition coefficient (Wildman–Crippen LogP) is 0.735. The van der Waals surface area contributed by atoms with E-state index in [9.17, 15) is 8.42 Å². The number of hydrogen-bond donors (Lipinski definition) is 2. The van der Waals surface area contributed by atoms with Crippen molar-refractivity contribution in [3.63, 3.8) is 0 Å². The molecular formula is C10H14N2O4S. The molecule has 94 valence electrons. The number of primary sulfonamides is 1. The van der Waals surface area contributed by atoms with Gasteiger partial charge in [0.25, 0.3) is 0 Å². The molecule has 0 bridgehead atoms. The molecule has 1 aromatic rings. The number of ether oxygens (including phenoxy) is 1. The lowest BCUT2D eigenvalue weighted by Gasteiger charge is -2.08. The SMILES string of the molecule is COc1ccc(C/C(C)=N/O)cc1S(N)(=O)=O. The average molecular weight is 258 g/mol. The molecular weight excluding hydrogens is 244 g/mol. The van der Waals surface area contributed by atoms with E-state index < -0.39 is 10.0 Å². The summed E-state index contributed by atoms with van der Waals surface area (Å²) in [4.78, 5) is -0.0803. The van der Waals surface area contributed by atoms with Crippen molar-refractivity contribution in [1.29, 1.82) is 0 Å². The Balaban J connectivity index is 3.23. The van der Waals surface area contributed by atoms with Crippen LogP contribution in [0.1, 0.15) is 12.5 Å². The van der Waals surface area contributed by atoms with Crippen molar-refractivity contribution in [3.05, 3.63) is 23.8 Å². The number of sulfonamides is 1. The molecule has 0 atom stereocenters. The zero-order valence-electron chi connectivity index (χ0n) is 9.54. The number of hydrogen-bond acceptors (Lipinski definition) is 5. The van der Waals surface area contributed by atoms with Gasteiger partial charge in [0.2, 0.25) is 10.0 Å². The Labute approximate surface area is 99.7 Å². The van der Waals surface area contributed by atoms with Gasteiger partial charge < -0.3 is 9.94 Å². The molecule has 0 amide bonds. The minimum atomic E-state index is -3.84. The summed E-state index contributed by atoms with van der Waals surface area (Å²) in [6.07, 6.45) is 0.336. The number of nitrogens with two attached hydrogens (primary N) is 1. The van der Waals surface area contributed by atoms with Gasteiger partial charge in [-0.3, -0.25) is 0 Å². The number of oxime groups is 1. The lowest BCUT2D eigenvalue weighted by atomic mass is 10.1. The topological polar surface area (TPSA) is 102 Å². The van der Waals surface area contributed by atoms with Crippen LogP contribution in [0.3, 0.4) is 0 Å². The van der Waals surface area contributed by atoms with Crippen LogP contribution in [0.5, 0.6) is 5.75 Å².